The zero-order chi connectivity index (χ0) is 13.7. The number of thiophene rings is 1. The highest BCUT2D eigenvalue weighted by Gasteiger charge is 2.12. The number of benzene rings is 1. The van der Waals surface area contributed by atoms with E-state index in [0.29, 0.717) is 6.04 Å². The van der Waals surface area contributed by atoms with E-state index < -0.39 is 0 Å². The summed E-state index contributed by atoms with van der Waals surface area (Å²) in [5.74, 6) is 0.925. The molecule has 3 heteroatoms. The van der Waals surface area contributed by atoms with Gasteiger partial charge in [0.25, 0.3) is 0 Å². The monoisotopic (exact) mass is 275 g/mol. The smallest absolute Gasteiger partial charge is 0.119 e. The molecule has 0 saturated carbocycles. The van der Waals surface area contributed by atoms with Crippen molar-refractivity contribution in [3.63, 3.8) is 0 Å². The molecule has 2 rings (SSSR count). The summed E-state index contributed by atoms with van der Waals surface area (Å²) < 4.78 is 5.29. The molecule has 1 aromatic carbocycles. The molecular weight excluding hydrogens is 254 g/mol. The van der Waals surface area contributed by atoms with Gasteiger partial charge in [0.2, 0.25) is 0 Å². The van der Waals surface area contributed by atoms with Crippen LogP contribution in [0.5, 0.6) is 5.75 Å². The Bertz CT molecular complexity index is 521. The maximum atomic E-state index is 5.29. The fraction of sp³-hybridized carbons (Fsp3) is 0.375. The Kier molecular flexibility index (Phi) is 5.00. The van der Waals surface area contributed by atoms with E-state index in [1.165, 1.54) is 16.0 Å². The first-order chi connectivity index (χ1) is 9.22. The number of nitrogens with one attached hydrogen (secondary N) is 1. The number of rotatable bonds is 6. The Hall–Kier alpha value is -1.32. The number of ether oxygens (including phenoxy) is 1. The normalized spacial score (nSPS) is 12.4. The minimum atomic E-state index is 0.377. The van der Waals surface area contributed by atoms with Gasteiger partial charge >= 0.3 is 0 Å². The van der Waals surface area contributed by atoms with Crippen molar-refractivity contribution in [3.8, 4) is 5.75 Å². The molecule has 0 bridgehead atoms. The number of likely N-dealkylation sites (N-methyl/N-ethyl adjacent to an activating group) is 1. The summed E-state index contributed by atoms with van der Waals surface area (Å²) in [6.45, 7) is 5.28. The molecule has 0 radical (unpaired) electrons. The molecule has 1 atom stereocenters. The zero-order valence-electron chi connectivity index (χ0n) is 11.8. The Morgan fingerprint density at radius 3 is 2.79 bits per heavy atom. The predicted octanol–water partition coefficient (Wildman–Crippen LogP) is 3.96. The molecule has 0 saturated heterocycles. The summed E-state index contributed by atoms with van der Waals surface area (Å²) in [6, 6.07) is 11.0. The molecule has 2 aromatic rings. The van der Waals surface area contributed by atoms with E-state index in [4.69, 9.17) is 4.74 Å². The molecule has 1 unspecified atom stereocenters. The summed E-state index contributed by atoms with van der Waals surface area (Å²) in [5.41, 5.74) is 2.68. The van der Waals surface area contributed by atoms with Crippen molar-refractivity contribution in [3.05, 3.63) is 51.7 Å². The third-order valence-corrected chi connectivity index (χ3v) is 4.06. The minimum Gasteiger partial charge on any atom is -0.497 e. The Morgan fingerprint density at radius 2 is 2.16 bits per heavy atom. The van der Waals surface area contributed by atoms with E-state index in [2.05, 4.69) is 48.8 Å². The van der Waals surface area contributed by atoms with Gasteiger partial charge in [-0.2, -0.15) is 0 Å². The van der Waals surface area contributed by atoms with Gasteiger partial charge in [-0.15, -0.1) is 11.3 Å². The van der Waals surface area contributed by atoms with Crippen molar-refractivity contribution in [2.75, 3.05) is 13.7 Å². The van der Waals surface area contributed by atoms with Crippen LogP contribution < -0.4 is 10.1 Å². The molecular formula is C16H21NOS. The van der Waals surface area contributed by atoms with E-state index in [1.54, 1.807) is 7.11 Å². The Balaban J connectivity index is 2.16. The van der Waals surface area contributed by atoms with Crippen LogP contribution in [0.3, 0.4) is 0 Å². The predicted molar refractivity (Wildman–Crippen MR) is 82.2 cm³/mol. The lowest BCUT2D eigenvalue weighted by Crippen LogP contribution is -2.22. The minimum absolute atomic E-state index is 0.377. The maximum Gasteiger partial charge on any atom is 0.119 e. The first-order valence-electron chi connectivity index (χ1n) is 6.64. The number of hydrogen-bond donors (Lipinski definition) is 1. The van der Waals surface area contributed by atoms with E-state index in [0.717, 1.165) is 18.7 Å². The molecule has 1 N–H and O–H groups in total. The van der Waals surface area contributed by atoms with Gasteiger partial charge in [0, 0.05) is 10.9 Å². The molecule has 2 nitrogen and oxygen atoms in total. The van der Waals surface area contributed by atoms with E-state index in [1.807, 2.05) is 17.4 Å². The van der Waals surface area contributed by atoms with Crippen LogP contribution in [-0.4, -0.2) is 13.7 Å². The second kappa shape index (κ2) is 6.73. The third kappa shape index (κ3) is 3.82. The fourth-order valence-electron chi connectivity index (χ4n) is 2.24. The summed E-state index contributed by atoms with van der Waals surface area (Å²) >= 11 is 1.81. The largest absolute Gasteiger partial charge is 0.497 e. The van der Waals surface area contributed by atoms with Gasteiger partial charge in [-0.3, -0.25) is 0 Å². The zero-order valence-corrected chi connectivity index (χ0v) is 12.6. The molecule has 0 aliphatic rings. The van der Waals surface area contributed by atoms with Crippen molar-refractivity contribution in [2.24, 2.45) is 0 Å². The summed E-state index contributed by atoms with van der Waals surface area (Å²) in [4.78, 5) is 1.36. The molecule has 0 aliphatic heterocycles. The number of methoxy groups -OCH3 is 1. The fourth-order valence-corrected chi connectivity index (χ4v) is 2.99. The lowest BCUT2D eigenvalue weighted by molar-refractivity contribution is 0.414. The van der Waals surface area contributed by atoms with Crippen LogP contribution in [0.1, 0.15) is 29.0 Å². The topological polar surface area (TPSA) is 21.3 Å². The lowest BCUT2D eigenvalue weighted by atomic mass is 10.0. The van der Waals surface area contributed by atoms with Crippen LogP contribution in [0.2, 0.25) is 0 Å². The molecule has 0 fully saturated rings. The van der Waals surface area contributed by atoms with Crippen molar-refractivity contribution >= 4 is 11.3 Å². The van der Waals surface area contributed by atoms with Crippen LogP contribution in [0.25, 0.3) is 0 Å². The van der Waals surface area contributed by atoms with Crippen molar-refractivity contribution in [1.82, 2.24) is 5.32 Å². The maximum absolute atomic E-state index is 5.29. The standard InChI is InChI=1S/C16H21NOS/c1-4-17-16(14-8-12(2)19-11-14)10-13-6-5-7-15(9-13)18-3/h5-9,11,16-17H,4,10H2,1-3H3. The summed E-state index contributed by atoms with van der Waals surface area (Å²) in [5, 5.41) is 5.82. The van der Waals surface area contributed by atoms with Crippen LogP contribution in [0, 0.1) is 6.92 Å². The van der Waals surface area contributed by atoms with E-state index in [9.17, 15) is 0 Å². The molecule has 19 heavy (non-hydrogen) atoms. The van der Waals surface area contributed by atoms with E-state index >= 15 is 0 Å². The Morgan fingerprint density at radius 1 is 1.32 bits per heavy atom. The molecule has 0 aliphatic carbocycles. The van der Waals surface area contributed by atoms with Gasteiger partial charge in [0.1, 0.15) is 5.75 Å². The lowest BCUT2D eigenvalue weighted by Gasteiger charge is -2.17. The first kappa shape index (κ1) is 14.1. The highest BCUT2D eigenvalue weighted by molar-refractivity contribution is 7.10. The molecule has 0 spiro atoms. The second-order valence-electron chi connectivity index (χ2n) is 4.66. The highest BCUT2D eigenvalue weighted by atomic mass is 32.1. The number of aryl methyl sites for hydroxylation is 1. The van der Waals surface area contributed by atoms with Gasteiger partial charge in [-0.25, -0.2) is 0 Å². The van der Waals surface area contributed by atoms with Crippen molar-refractivity contribution < 1.29 is 4.74 Å². The first-order valence-corrected chi connectivity index (χ1v) is 7.52. The molecule has 102 valence electrons. The summed E-state index contributed by atoms with van der Waals surface area (Å²) in [6.07, 6.45) is 0.987. The average Bonchev–Trinajstić information content (AvgIpc) is 2.85. The number of hydrogen-bond acceptors (Lipinski definition) is 3. The quantitative estimate of drug-likeness (QED) is 0.861. The van der Waals surface area contributed by atoms with Crippen molar-refractivity contribution in [2.45, 2.75) is 26.3 Å². The molecule has 1 heterocycles. The highest BCUT2D eigenvalue weighted by Crippen LogP contribution is 2.25. The van der Waals surface area contributed by atoms with E-state index in [-0.39, 0.29) is 0 Å². The average molecular weight is 275 g/mol. The van der Waals surface area contributed by atoms with Crippen LogP contribution in [0.4, 0.5) is 0 Å². The Labute approximate surface area is 119 Å². The molecule has 1 aromatic heterocycles. The van der Waals surface area contributed by atoms with Crippen LogP contribution in [0.15, 0.2) is 35.7 Å². The summed E-state index contributed by atoms with van der Waals surface area (Å²) in [7, 11) is 1.71. The van der Waals surface area contributed by atoms with Gasteiger partial charge in [0.15, 0.2) is 0 Å². The van der Waals surface area contributed by atoms with Gasteiger partial charge < -0.3 is 10.1 Å². The SMILES string of the molecule is CCNC(Cc1cccc(OC)c1)c1csc(C)c1. The third-order valence-electron chi connectivity index (χ3n) is 3.18. The van der Waals surface area contributed by atoms with Crippen LogP contribution >= 0.6 is 11.3 Å². The second-order valence-corrected chi connectivity index (χ2v) is 5.77. The van der Waals surface area contributed by atoms with Crippen molar-refractivity contribution in [1.29, 1.82) is 0 Å². The van der Waals surface area contributed by atoms with Gasteiger partial charge in [-0.1, -0.05) is 19.1 Å². The van der Waals surface area contributed by atoms with Crippen LogP contribution in [-0.2, 0) is 6.42 Å². The molecule has 0 amide bonds. The van der Waals surface area contributed by atoms with Gasteiger partial charge in [0.05, 0.1) is 7.11 Å². The van der Waals surface area contributed by atoms with Gasteiger partial charge in [-0.05, 0) is 54.6 Å².